The molecule has 0 spiro atoms. The third-order valence-electron chi connectivity index (χ3n) is 3.28. The van der Waals surface area contributed by atoms with Gasteiger partial charge in [0.15, 0.2) is 0 Å². The Hall–Kier alpha value is -0.580. The van der Waals surface area contributed by atoms with Crippen LogP contribution < -0.4 is 4.74 Å². The number of aliphatic hydroxyl groups excluding tert-OH is 1. The Morgan fingerprint density at radius 2 is 2.22 bits per heavy atom. The largest absolute Gasteiger partial charge is 0.492 e. The van der Waals surface area contributed by atoms with Crippen molar-refractivity contribution >= 4 is 15.9 Å². The van der Waals surface area contributed by atoms with Gasteiger partial charge in [0, 0.05) is 17.9 Å². The summed E-state index contributed by atoms with van der Waals surface area (Å²) in [6.45, 7) is 6.51. The number of ether oxygens (including phenoxy) is 2. The van der Waals surface area contributed by atoms with E-state index in [2.05, 4.69) is 22.9 Å². The van der Waals surface area contributed by atoms with Gasteiger partial charge in [-0.1, -0.05) is 19.9 Å². The average molecular weight is 315 g/mol. The molecule has 0 radical (unpaired) electrons. The molecule has 0 saturated carbocycles. The molecule has 2 rings (SSSR count). The van der Waals surface area contributed by atoms with Crippen molar-refractivity contribution in [1.29, 1.82) is 0 Å². The third-order valence-corrected chi connectivity index (χ3v) is 3.90. The number of rotatable bonds is 5. The molecule has 4 heteroatoms. The zero-order valence-electron chi connectivity index (χ0n) is 10.8. The van der Waals surface area contributed by atoms with Crippen LogP contribution in [0, 0.1) is 5.41 Å². The average Bonchev–Trinajstić information content (AvgIpc) is 2.34. The van der Waals surface area contributed by atoms with Crippen LogP contribution in [0.25, 0.3) is 0 Å². The highest BCUT2D eigenvalue weighted by Gasteiger charge is 2.34. The van der Waals surface area contributed by atoms with Crippen LogP contribution in [0.15, 0.2) is 22.7 Å². The van der Waals surface area contributed by atoms with E-state index in [1.165, 1.54) is 0 Å². The van der Waals surface area contributed by atoms with Crippen molar-refractivity contribution < 1.29 is 14.6 Å². The Bertz CT molecular complexity index is 416. The second-order valence-electron chi connectivity index (χ2n) is 5.37. The molecule has 0 amide bonds. The van der Waals surface area contributed by atoms with E-state index in [-0.39, 0.29) is 17.9 Å². The molecule has 1 N–H and O–H groups in total. The van der Waals surface area contributed by atoms with E-state index in [0.29, 0.717) is 6.61 Å². The summed E-state index contributed by atoms with van der Waals surface area (Å²) in [7, 11) is 0. The molecule has 1 aliphatic heterocycles. The Balaban J connectivity index is 2.01. The van der Waals surface area contributed by atoms with Crippen LogP contribution in [0.1, 0.15) is 25.3 Å². The minimum Gasteiger partial charge on any atom is -0.492 e. The van der Waals surface area contributed by atoms with Gasteiger partial charge in [0.25, 0.3) is 0 Å². The first kappa shape index (κ1) is 13.8. The van der Waals surface area contributed by atoms with E-state index in [1.807, 2.05) is 25.1 Å². The molecule has 1 unspecified atom stereocenters. The zero-order chi connectivity index (χ0) is 13.2. The van der Waals surface area contributed by atoms with Crippen LogP contribution in [0.5, 0.6) is 5.75 Å². The van der Waals surface area contributed by atoms with E-state index < -0.39 is 0 Å². The fourth-order valence-corrected chi connectivity index (χ4v) is 2.34. The maximum Gasteiger partial charge on any atom is 0.133 e. The van der Waals surface area contributed by atoms with Gasteiger partial charge in [0.2, 0.25) is 0 Å². The van der Waals surface area contributed by atoms with Gasteiger partial charge in [-0.3, -0.25) is 0 Å². The summed E-state index contributed by atoms with van der Waals surface area (Å²) in [5, 5.41) is 9.14. The Kier molecular flexibility index (Phi) is 4.30. The summed E-state index contributed by atoms with van der Waals surface area (Å²) < 4.78 is 12.0. The summed E-state index contributed by atoms with van der Waals surface area (Å²) >= 11 is 3.51. The van der Waals surface area contributed by atoms with Gasteiger partial charge < -0.3 is 14.6 Å². The SMILES string of the molecule is CC(CO)c1ccc(OCC2(C)COC2)c(Br)c1. The zero-order valence-corrected chi connectivity index (χ0v) is 12.4. The lowest BCUT2D eigenvalue weighted by Crippen LogP contribution is -2.44. The molecular formula is C14H19BrO3. The van der Waals surface area contributed by atoms with Crippen molar-refractivity contribution in [2.24, 2.45) is 5.41 Å². The van der Waals surface area contributed by atoms with E-state index in [1.54, 1.807) is 0 Å². The molecule has 1 aliphatic rings. The van der Waals surface area contributed by atoms with Gasteiger partial charge in [0.1, 0.15) is 5.75 Å². The molecule has 1 heterocycles. The first-order valence-corrected chi connectivity index (χ1v) is 6.94. The van der Waals surface area contributed by atoms with Crippen LogP contribution in [0.3, 0.4) is 0 Å². The normalized spacial score (nSPS) is 19.1. The maximum absolute atomic E-state index is 9.14. The first-order valence-electron chi connectivity index (χ1n) is 6.15. The van der Waals surface area contributed by atoms with Crippen LogP contribution in [0.2, 0.25) is 0 Å². The van der Waals surface area contributed by atoms with Crippen LogP contribution in [-0.2, 0) is 4.74 Å². The van der Waals surface area contributed by atoms with Gasteiger partial charge in [-0.25, -0.2) is 0 Å². The predicted octanol–water partition coefficient (Wildman–Crippen LogP) is 2.96. The van der Waals surface area contributed by atoms with E-state index in [0.717, 1.165) is 29.0 Å². The van der Waals surface area contributed by atoms with Gasteiger partial charge in [-0.05, 0) is 33.6 Å². The molecule has 1 saturated heterocycles. The Morgan fingerprint density at radius 1 is 1.50 bits per heavy atom. The monoisotopic (exact) mass is 314 g/mol. The summed E-state index contributed by atoms with van der Waals surface area (Å²) in [6, 6.07) is 5.96. The fraction of sp³-hybridized carbons (Fsp3) is 0.571. The molecule has 1 atom stereocenters. The summed E-state index contributed by atoms with van der Waals surface area (Å²) in [5.41, 5.74) is 1.26. The fourth-order valence-electron chi connectivity index (χ4n) is 1.83. The van der Waals surface area contributed by atoms with Crippen molar-refractivity contribution in [3.05, 3.63) is 28.2 Å². The molecule has 1 aromatic carbocycles. The van der Waals surface area contributed by atoms with Crippen molar-refractivity contribution in [3.63, 3.8) is 0 Å². The van der Waals surface area contributed by atoms with Crippen LogP contribution in [-0.4, -0.2) is 31.5 Å². The highest BCUT2D eigenvalue weighted by molar-refractivity contribution is 9.10. The molecule has 0 aromatic heterocycles. The predicted molar refractivity (Wildman–Crippen MR) is 74.1 cm³/mol. The number of aliphatic hydroxyl groups is 1. The lowest BCUT2D eigenvalue weighted by Gasteiger charge is -2.37. The van der Waals surface area contributed by atoms with Crippen molar-refractivity contribution in [3.8, 4) is 5.75 Å². The first-order chi connectivity index (χ1) is 8.54. The minimum atomic E-state index is 0.146. The molecule has 1 aromatic rings. The summed E-state index contributed by atoms with van der Waals surface area (Å²) in [4.78, 5) is 0. The quantitative estimate of drug-likeness (QED) is 0.908. The van der Waals surface area contributed by atoms with Gasteiger partial charge in [0.05, 0.1) is 24.3 Å². The molecule has 1 fully saturated rings. The number of hydrogen-bond acceptors (Lipinski definition) is 3. The number of benzene rings is 1. The maximum atomic E-state index is 9.14. The smallest absolute Gasteiger partial charge is 0.133 e. The number of hydrogen-bond donors (Lipinski definition) is 1. The molecule has 18 heavy (non-hydrogen) atoms. The second-order valence-corrected chi connectivity index (χ2v) is 6.22. The van der Waals surface area contributed by atoms with Gasteiger partial charge in [-0.15, -0.1) is 0 Å². The summed E-state index contributed by atoms with van der Waals surface area (Å²) in [5.74, 6) is 0.991. The molecule has 100 valence electrons. The third kappa shape index (κ3) is 3.05. The molecule has 0 aliphatic carbocycles. The lowest BCUT2D eigenvalue weighted by atomic mass is 9.90. The minimum absolute atomic E-state index is 0.146. The topological polar surface area (TPSA) is 38.7 Å². The Morgan fingerprint density at radius 3 is 2.72 bits per heavy atom. The highest BCUT2D eigenvalue weighted by atomic mass is 79.9. The second kappa shape index (κ2) is 5.59. The molecular weight excluding hydrogens is 296 g/mol. The number of halogens is 1. The van der Waals surface area contributed by atoms with E-state index in [4.69, 9.17) is 14.6 Å². The van der Waals surface area contributed by atoms with Crippen molar-refractivity contribution in [1.82, 2.24) is 0 Å². The van der Waals surface area contributed by atoms with Crippen molar-refractivity contribution in [2.45, 2.75) is 19.8 Å². The molecule has 0 bridgehead atoms. The van der Waals surface area contributed by atoms with Crippen LogP contribution in [0.4, 0.5) is 0 Å². The van der Waals surface area contributed by atoms with Crippen molar-refractivity contribution in [2.75, 3.05) is 26.4 Å². The summed E-state index contributed by atoms with van der Waals surface area (Å²) in [6.07, 6.45) is 0. The van der Waals surface area contributed by atoms with Gasteiger partial charge >= 0.3 is 0 Å². The standard InChI is InChI=1S/C14H19BrO3/c1-10(6-16)11-3-4-13(12(15)5-11)18-9-14(2)7-17-8-14/h3-5,10,16H,6-9H2,1-2H3. The van der Waals surface area contributed by atoms with E-state index >= 15 is 0 Å². The Labute approximate surface area is 116 Å². The van der Waals surface area contributed by atoms with E-state index in [9.17, 15) is 0 Å². The lowest BCUT2D eigenvalue weighted by molar-refractivity contribution is -0.120. The molecule has 3 nitrogen and oxygen atoms in total. The highest BCUT2D eigenvalue weighted by Crippen LogP contribution is 2.32. The van der Waals surface area contributed by atoms with Gasteiger partial charge in [-0.2, -0.15) is 0 Å². The van der Waals surface area contributed by atoms with Crippen LogP contribution >= 0.6 is 15.9 Å².